The summed E-state index contributed by atoms with van der Waals surface area (Å²) in [5.74, 6) is 1.42. The molecule has 2 aliphatic rings. The molecule has 1 fully saturated rings. The van der Waals surface area contributed by atoms with Crippen LogP contribution in [0.25, 0.3) is 0 Å². The Morgan fingerprint density at radius 2 is 1.75 bits per heavy atom. The van der Waals surface area contributed by atoms with Crippen LogP contribution in [-0.4, -0.2) is 60.1 Å². The second kappa shape index (κ2) is 9.71. The fourth-order valence-corrected chi connectivity index (χ4v) is 6.14. The smallest absolute Gasteiger partial charge is 0.345 e. The van der Waals surface area contributed by atoms with Gasteiger partial charge in [0, 0.05) is 18.1 Å². The van der Waals surface area contributed by atoms with Gasteiger partial charge in [0.05, 0.1) is 37.3 Å². The van der Waals surface area contributed by atoms with Crippen LogP contribution in [0, 0.1) is 0 Å². The normalized spacial score (nSPS) is 22.0. The fourth-order valence-electron chi connectivity index (χ4n) is 3.33. The van der Waals surface area contributed by atoms with Crippen molar-refractivity contribution >= 4 is 35.5 Å². The van der Waals surface area contributed by atoms with Crippen LogP contribution in [0.5, 0.6) is 5.75 Å². The number of hydrogen-bond acceptors (Lipinski definition) is 8. The third-order valence-corrected chi connectivity index (χ3v) is 7.34. The maximum Gasteiger partial charge on any atom is 0.345 e. The van der Waals surface area contributed by atoms with Crippen LogP contribution >= 0.6 is 23.5 Å². The number of thioether (sulfide) groups is 2. The Morgan fingerprint density at radius 3 is 2.39 bits per heavy atom. The summed E-state index contributed by atoms with van der Waals surface area (Å²) in [6.07, 6.45) is 0. The molecule has 0 saturated carbocycles. The summed E-state index contributed by atoms with van der Waals surface area (Å²) in [5.41, 5.74) is 1.57. The molecule has 0 aromatic heterocycles. The quantitative estimate of drug-likeness (QED) is 0.620. The molecular weight excluding hydrogens is 398 g/mol. The average molecular weight is 424 g/mol. The molecule has 1 aromatic rings. The van der Waals surface area contributed by atoms with Gasteiger partial charge in [0.1, 0.15) is 10.7 Å². The minimum absolute atomic E-state index is 0.175. The van der Waals surface area contributed by atoms with Gasteiger partial charge in [-0.2, -0.15) is 0 Å². The largest absolute Gasteiger partial charge is 0.497 e. The minimum atomic E-state index is -0.433. The highest BCUT2D eigenvalue weighted by molar-refractivity contribution is 8.06. The third-order valence-electron chi connectivity index (χ3n) is 4.65. The summed E-state index contributed by atoms with van der Waals surface area (Å²) in [7, 11) is 1.64. The number of ether oxygens (including phenoxy) is 3. The van der Waals surface area contributed by atoms with E-state index in [0.29, 0.717) is 22.8 Å². The Hall–Kier alpha value is -1.64. The Kier molecular flexibility index (Phi) is 7.31. The van der Waals surface area contributed by atoms with Gasteiger partial charge in [0.2, 0.25) is 0 Å². The first-order valence-electron chi connectivity index (χ1n) is 9.30. The fraction of sp³-hybridized carbons (Fsp3) is 0.500. The first-order valence-corrected chi connectivity index (χ1v) is 11.3. The van der Waals surface area contributed by atoms with Gasteiger partial charge in [-0.3, -0.25) is 4.90 Å². The Balaban J connectivity index is 1.92. The number of nitrogens with zero attached hydrogens (tertiary/aromatic N) is 1. The molecule has 2 unspecified atom stereocenters. The molecule has 8 heteroatoms. The van der Waals surface area contributed by atoms with Crippen molar-refractivity contribution in [2.45, 2.75) is 31.8 Å². The summed E-state index contributed by atoms with van der Waals surface area (Å²) >= 11 is 3.21. The molecular formula is C20H25NO5S2. The lowest BCUT2D eigenvalue weighted by Crippen LogP contribution is -2.39. The number of esters is 2. The number of carbonyl (C=O) groups is 2. The van der Waals surface area contributed by atoms with Gasteiger partial charge < -0.3 is 14.2 Å². The van der Waals surface area contributed by atoms with E-state index >= 15 is 0 Å². The minimum Gasteiger partial charge on any atom is -0.497 e. The zero-order valence-electron chi connectivity index (χ0n) is 16.3. The van der Waals surface area contributed by atoms with Gasteiger partial charge in [0.15, 0.2) is 0 Å². The van der Waals surface area contributed by atoms with Crippen molar-refractivity contribution in [3.63, 3.8) is 0 Å². The maximum atomic E-state index is 12.8. The highest BCUT2D eigenvalue weighted by Crippen LogP contribution is 2.43. The van der Waals surface area contributed by atoms with Crippen molar-refractivity contribution in [3.05, 3.63) is 40.3 Å². The molecule has 2 bridgehead atoms. The van der Waals surface area contributed by atoms with E-state index in [0.717, 1.165) is 17.1 Å². The Morgan fingerprint density at radius 1 is 1.07 bits per heavy atom. The number of hydrogen-bond donors (Lipinski definition) is 0. The third kappa shape index (κ3) is 4.50. The van der Waals surface area contributed by atoms with E-state index in [1.807, 2.05) is 36.0 Å². The molecule has 0 aliphatic carbocycles. The number of carbonyl (C=O) groups excluding carboxylic acids is 2. The van der Waals surface area contributed by atoms with E-state index in [1.165, 1.54) is 11.8 Å². The second-order valence-electron chi connectivity index (χ2n) is 6.32. The predicted octanol–water partition coefficient (Wildman–Crippen LogP) is 3.07. The standard InChI is InChI=1S/C20H25NO5S2/c1-4-25-19(22)17-15-11-27-16(12-28-18(17)20(23)26-5-2)21(15)10-13-6-8-14(24-3)9-7-13/h6-9,15-16H,4-5,10-12H2,1-3H3. The lowest BCUT2D eigenvalue weighted by Gasteiger charge is -2.28. The molecule has 2 aliphatic heterocycles. The number of methoxy groups -OCH3 is 1. The highest BCUT2D eigenvalue weighted by Gasteiger charge is 2.44. The molecule has 28 heavy (non-hydrogen) atoms. The van der Waals surface area contributed by atoms with Crippen LogP contribution in [0.1, 0.15) is 19.4 Å². The summed E-state index contributed by atoms with van der Waals surface area (Å²) in [4.78, 5) is 28.0. The Bertz CT molecular complexity index is 749. The number of rotatable bonds is 7. The lowest BCUT2D eigenvalue weighted by molar-refractivity contribution is -0.141. The van der Waals surface area contributed by atoms with Crippen molar-refractivity contribution in [1.82, 2.24) is 4.90 Å². The maximum absolute atomic E-state index is 12.8. The number of benzene rings is 1. The molecule has 0 spiro atoms. The highest BCUT2D eigenvalue weighted by atomic mass is 32.2. The zero-order valence-corrected chi connectivity index (χ0v) is 17.9. The van der Waals surface area contributed by atoms with Crippen LogP contribution in [0.15, 0.2) is 34.7 Å². The van der Waals surface area contributed by atoms with Gasteiger partial charge in [-0.1, -0.05) is 12.1 Å². The van der Waals surface area contributed by atoms with Gasteiger partial charge in [-0.25, -0.2) is 9.59 Å². The van der Waals surface area contributed by atoms with E-state index in [1.54, 1.807) is 21.0 Å². The van der Waals surface area contributed by atoms with E-state index in [4.69, 9.17) is 14.2 Å². The van der Waals surface area contributed by atoms with E-state index in [9.17, 15) is 9.59 Å². The van der Waals surface area contributed by atoms with Crippen molar-refractivity contribution in [1.29, 1.82) is 0 Å². The van der Waals surface area contributed by atoms with Crippen LogP contribution in [-0.2, 0) is 25.6 Å². The van der Waals surface area contributed by atoms with Crippen LogP contribution in [0.4, 0.5) is 0 Å². The van der Waals surface area contributed by atoms with E-state index in [-0.39, 0.29) is 24.6 Å². The summed E-state index contributed by atoms with van der Waals surface area (Å²) in [6, 6.07) is 7.75. The predicted molar refractivity (Wildman–Crippen MR) is 111 cm³/mol. The molecule has 2 heterocycles. The molecule has 0 N–H and O–H groups in total. The lowest BCUT2D eigenvalue weighted by atomic mass is 10.1. The second-order valence-corrected chi connectivity index (χ2v) is 8.56. The van der Waals surface area contributed by atoms with E-state index < -0.39 is 11.9 Å². The molecule has 0 amide bonds. The summed E-state index contributed by atoms with van der Waals surface area (Å²) in [5, 5.41) is 0.216. The molecule has 152 valence electrons. The molecule has 2 atom stereocenters. The van der Waals surface area contributed by atoms with Crippen molar-refractivity contribution in [2.75, 3.05) is 31.8 Å². The van der Waals surface area contributed by atoms with Crippen LogP contribution in [0.3, 0.4) is 0 Å². The molecule has 3 rings (SSSR count). The molecule has 0 radical (unpaired) electrons. The number of fused-ring (bicyclic) bond motifs is 2. The summed E-state index contributed by atoms with van der Waals surface area (Å²) in [6.45, 7) is 4.77. The van der Waals surface area contributed by atoms with Crippen molar-refractivity contribution < 1.29 is 23.8 Å². The van der Waals surface area contributed by atoms with Crippen LogP contribution < -0.4 is 4.74 Å². The molecule has 1 aromatic carbocycles. The van der Waals surface area contributed by atoms with Crippen LogP contribution in [0.2, 0.25) is 0 Å². The average Bonchev–Trinajstić information content (AvgIpc) is 2.98. The first kappa shape index (κ1) is 21.1. The van der Waals surface area contributed by atoms with Gasteiger partial charge >= 0.3 is 11.9 Å². The van der Waals surface area contributed by atoms with E-state index in [2.05, 4.69) is 4.90 Å². The Labute approximate surface area is 174 Å². The van der Waals surface area contributed by atoms with Crippen molar-refractivity contribution in [2.24, 2.45) is 0 Å². The van der Waals surface area contributed by atoms with Crippen molar-refractivity contribution in [3.8, 4) is 5.75 Å². The first-order chi connectivity index (χ1) is 13.6. The topological polar surface area (TPSA) is 65.1 Å². The monoisotopic (exact) mass is 423 g/mol. The molecule has 6 nitrogen and oxygen atoms in total. The van der Waals surface area contributed by atoms with Gasteiger partial charge in [-0.05, 0) is 31.5 Å². The molecule has 1 saturated heterocycles. The SMILES string of the molecule is CCOC(=O)C1=C(C(=O)OCC)C2CSC(CS1)N2Cc1ccc(OC)cc1. The zero-order chi connectivity index (χ0) is 20.1. The summed E-state index contributed by atoms with van der Waals surface area (Å²) < 4.78 is 15.8. The van der Waals surface area contributed by atoms with Gasteiger partial charge in [0.25, 0.3) is 0 Å². The van der Waals surface area contributed by atoms with Gasteiger partial charge in [-0.15, -0.1) is 23.5 Å².